The zero-order chi connectivity index (χ0) is 20.6. The van der Waals surface area contributed by atoms with Crippen molar-refractivity contribution in [2.24, 2.45) is 4.99 Å². The van der Waals surface area contributed by atoms with Gasteiger partial charge in [0.1, 0.15) is 5.75 Å². The second-order valence-corrected chi connectivity index (χ2v) is 7.45. The molecule has 0 saturated carbocycles. The molecule has 2 heterocycles. The van der Waals surface area contributed by atoms with Crippen molar-refractivity contribution < 1.29 is 9.26 Å². The van der Waals surface area contributed by atoms with Gasteiger partial charge in [0.15, 0.2) is 11.8 Å². The van der Waals surface area contributed by atoms with Crippen molar-refractivity contribution in [1.29, 1.82) is 0 Å². The lowest BCUT2D eigenvalue weighted by Crippen LogP contribution is -2.52. The highest BCUT2D eigenvalue weighted by Gasteiger charge is 2.20. The van der Waals surface area contributed by atoms with Gasteiger partial charge in [-0.1, -0.05) is 25.1 Å². The number of hydrogen-bond donors (Lipinski definition) is 1. The minimum Gasteiger partial charge on any atom is -0.497 e. The summed E-state index contributed by atoms with van der Waals surface area (Å²) in [6.07, 6.45) is 1.69. The van der Waals surface area contributed by atoms with Crippen molar-refractivity contribution >= 4 is 35.6 Å². The molecule has 30 heavy (non-hydrogen) atoms. The fraction of sp³-hybridized carbons (Fsp3) is 0.571. The third kappa shape index (κ3) is 6.48. The molecule has 3 rings (SSSR count). The molecule has 0 bridgehead atoms. The number of halogens is 1. The molecule has 1 N–H and O–H groups in total. The molecule has 2 aromatic rings. The first-order valence-electron chi connectivity index (χ1n) is 10.3. The number of benzene rings is 1. The van der Waals surface area contributed by atoms with Crippen molar-refractivity contribution in [1.82, 2.24) is 20.4 Å². The Morgan fingerprint density at radius 1 is 1.27 bits per heavy atom. The van der Waals surface area contributed by atoms with E-state index in [2.05, 4.69) is 56.2 Å². The van der Waals surface area contributed by atoms with E-state index in [-0.39, 0.29) is 24.0 Å². The van der Waals surface area contributed by atoms with Crippen molar-refractivity contribution in [2.75, 3.05) is 51.8 Å². The Balaban J connectivity index is 0.00000320. The second-order valence-electron chi connectivity index (χ2n) is 7.45. The predicted octanol–water partition coefficient (Wildman–Crippen LogP) is 3.15. The average Bonchev–Trinajstić information content (AvgIpc) is 3.23. The molecular formula is C21H33IN6O2. The van der Waals surface area contributed by atoms with E-state index in [0.29, 0.717) is 11.8 Å². The second kappa shape index (κ2) is 12.0. The van der Waals surface area contributed by atoms with E-state index >= 15 is 0 Å². The quantitative estimate of drug-likeness (QED) is 0.256. The molecule has 8 nitrogen and oxygen atoms in total. The topological polar surface area (TPSA) is 79.0 Å². The van der Waals surface area contributed by atoms with E-state index in [1.165, 1.54) is 5.69 Å². The maximum Gasteiger partial charge on any atom is 0.226 e. The molecule has 0 aliphatic carbocycles. The third-order valence-electron chi connectivity index (χ3n) is 5.06. The lowest BCUT2D eigenvalue weighted by molar-refractivity contribution is 0.363. The van der Waals surface area contributed by atoms with Crippen LogP contribution in [0.25, 0.3) is 0 Å². The van der Waals surface area contributed by atoms with Crippen molar-refractivity contribution in [3.8, 4) is 5.75 Å². The lowest BCUT2D eigenvalue weighted by Gasteiger charge is -2.37. The summed E-state index contributed by atoms with van der Waals surface area (Å²) in [5, 5.41) is 7.47. The minimum atomic E-state index is 0. The van der Waals surface area contributed by atoms with Gasteiger partial charge in [0.25, 0.3) is 0 Å². The number of nitrogens with one attached hydrogen (secondary N) is 1. The molecule has 0 amide bonds. The van der Waals surface area contributed by atoms with Gasteiger partial charge >= 0.3 is 0 Å². The van der Waals surface area contributed by atoms with Gasteiger partial charge in [0.2, 0.25) is 5.89 Å². The van der Waals surface area contributed by atoms with E-state index in [1.807, 2.05) is 19.2 Å². The Kier molecular flexibility index (Phi) is 9.67. The van der Waals surface area contributed by atoms with Crippen molar-refractivity contribution in [3.05, 3.63) is 36.0 Å². The molecule has 9 heteroatoms. The summed E-state index contributed by atoms with van der Waals surface area (Å²) < 4.78 is 10.6. The molecule has 0 radical (unpaired) electrons. The zero-order valence-corrected chi connectivity index (χ0v) is 20.6. The van der Waals surface area contributed by atoms with Crippen molar-refractivity contribution in [3.63, 3.8) is 0 Å². The van der Waals surface area contributed by atoms with E-state index in [0.717, 1.165) is 63.1 Å². The number of aryl methyl sites for hydroxylation is 1. The van der Waals surface area contributed by atoms with Crippen molar-refractivity contribution in [2.45, 2.75) is 32.6 Å². The SMILES string of the molecule is CN=C(NCCCc1nc(C(C)C)no1)N1CCN(c2cccc(OC)c2)CC1.I. The number of rotatable bonds is 7. The smallest absolute Gasteiger partial charge is 0.226 e. The first-order chi connectivity index (χ1) is 14.1. The van der Waals surface area contributed by atoms with Gasteiger partial charge in [-0.05, 0) is 18.6 Å². The molecule has 166 valence electrons. The fourth-order valence-corrected chi connectivity index (χ4v) is 3.36. The van der Waals surface area contributed by atoms with Crippen LogP contribution in [0.1, 0.15) is 37.9 Å². The Morgan fingerprint density at radius 3 is 2.67 bits per heavy atom. The highest BCUT2D eigenvalue weighted by Crippen LogP contribution is 2.22. The Labute approximate surface area is 196 Å². The van der Waals surface area contributed by atoms with Gasteiger partial charge in [-0.25, -0.2) is 0 Å². The maximum absolute atomic E-state index is 5.34. The Hall–Kier alpha value is -2.04. The molecular weight excluding hydrogens is 495 g/mol. The largest absolute Gasteiger partial charge is 0.497 e. The molecule has 0 unspecified atom stereocenters. The molecule has 1 aliphatic heterocycles. The van der Waals surface area contributed by atoms with Gasteiger partial charge in [-0.3, -0.25) is 4.99 Å². The van der Waals surface area contributed by atoms with Gasteiger partial charge in [-0.2, -0.15) is 4.98 Å². The summed E-state index contributed by atoms with van der Waals surface area (Å²) in [5.74, 6) is 3.61. The predicted molar refractivity (Wildman–Crippen MR) is 130 cm³/mol. The van der Waals surface area contributed by atoms with Gasteiger partial charge in [0, 0.05) is 63.9 Å². The van der Waals surface area contributed by atoms with E-state index in [4.69, 9.17) is 9.26 Å². The number of piperazine rings is 1. The van der Waals surface area contributed by atoms with Gasteiger partial charge in [-0.15, -0.1) is 24.0 Å². The van der Waals surface area contributed by atoms with Crippen LogP contribution in [0.2, 0.25) is 0 Å². The number of methoxy groups -OCH3 is 1. The third-order valence-corrected chi connectivity index (χ3v) is 5.06. The standard InChI is InChI=1S/C21H32N6O2.HI/c1-16(2)20-24-19(29-25-20)9-6-10-23-21(22-3)27-13-11-26(12-14-27)17-7-5-8-18(15-17)28-4;/h5,7-8,15-16H,6,9-14H2,1-4H3,(H,22,23);1H. The number of guanidine groups is 1. The van der Waals surface area contributed by atoms with Crippen LogP contribution < -0.4 is 15.0 Å². The van der Waals surface area contributed by atoms with Crippen LogP contribution in [0, 0.1) is 0 Å². The molecule has 0 spiro atoms. The molecule has 0 atom stereocenters. The number of nitrogens with zero attached hydrogens (tertiary/aromatic N) is 5. The van der Waals surface area contributed by atoms with E-state index < -0.39 is 0 Å². The summed E-state index contributed by atoms with van der Waals surface area (Å²) in [6, 6.07) is 8.23. The maximum atomic E-state index is 5.34. The highest BCUT2D eigenvalue weighted by atomic mass is 127. The summed E-state index contributed by atoms with van der Waals surface area (Å²) in [7, 11) is 3.54. The van der Waals surface area contributed by atoms with E-state index in [1.54, 1.807) is 7.11 Å². The summed E-state index contributed by atoms with van der Waals surface area (Å²) in [6.45, 7) is 8.71. The number of anilines is 1. The van der Waals surface area contributed by atoms with Gasteiger partial charge < -0.3 is 24.4 Å². The molecule has 1 aromatic heterocycles. The fourth-order valence-electron chi connectivity index (χ4n) is 3.36. The number of hydrogen-bond acceptors (Lipinski definition) is 6. The number of aliphatic imine (C=N–C) groups is 1. The summed E-state index contributed by atoms with van der Waals surface area (Å²) >= 11 is 0. The van der Waals surface area contributed by atoms with Crippen LogP contribution in [-0.2, 0) is 6.42 Å². The molecule has 1 aliphatic rings. The van der Waals surface area contributed by atoms with Crippen LogP contribution in [0.5, 0.6) is 5.75 Å². The van der Waals surface area contributed by atoms with Gasteiger partial charge in [0.05, 0.1) is 7.11 Å². The van der Waals surface area contributed by atoms with Crippen LogP contribution in [0.15, 0.2) is 33.8 Å². The summed E-state index contributed by atoms with van der Waals surface area (Å²) in [5.41, 5.74) is 1.20. The Bertz CT molecular complexity index is 802. The lowest BCUT2D eigenvalue weighted by atomic mass is 10.2. The number of aromatic nitrogens is 2. The van der Waals surface area contributed by atoms with Crippen LogP contribution in [0.3, 0.4) is 0 Å². The minimum absolute atomic E-state index is 0. The Morgan fingerprint density at radius 2 is 2.03 bits per heavy atom. The summed E-state index contributed by atoms with van der Waals surface area (Å²) in [4.78, 5) is 13.6. The zero-order valence-electron chi connectivity index (χ0n) is 18.3. The highest BCUT2D eigenvalue weighted by molar-refractivity contribution is 14.0. The van der Waals surface area contributed by atoms with Crippen LogP contribution in [0.4, 0.5) is 5.69 Å². The molecule has 1 aromatic carbocycles. The van der Waals surface area contributed by atoms with Crippen LogP contribution in [-0.4, -0.2) is 67.9 Å². The normalized spacial score (nSPS) is 14.6. The number of ether oxygens (including phenoxy) is 1. The first kappa shape index (κ1) is 24.2. The van der Waals surface area contributed by atoms with Crippen LogP contribution >= 0.6 is 24.0 Å². The first-order valence-corrected chi connectivity index (χ1v) is 10.3. The monoisotopic (exact) mass is 528 g/mol. The molecule has 1 saturated heterocycles. The average molecular weight is 528 g/mol. The molecule has 1 fully saturated rings. The van der Waals surface area contributed by atoms with E-state index in [9.17, 15) is 0 Å².